The van der Waals surface area contributed by atoms with Crippen LogP contribution >= 0.6 is 0 Å². The van der Waals surface area contributed by atoms with E-state index >= 15 is 0 Å². The average molecular weight is 185 g/mol. The third-order valence-corrected chi connectivity index (χ3v) is 1.86. The Morgan fingerprint density at radius 1 is 1.23 bits per heavy atom. The summed E-state index contributed by atoms with van der Waals surface area (Å²) in [5.41, 5.74) is 0. The van der Waals surface area contributed by atoms with E-state index < -0.39 is 0 Å². The van der Waals surface area contributed by atoms with Crippen molar-refractivity contribution in [1.29, 1.82) is 0 Å². The van der Waals surface area contributed by atoms with Gasteiger partial charge >= 0.3 is 5.97 Å². The molecule has 0 aromatic heterocycles. The molecule has 13 heavy (non-hydrogen) atoms. The van der Waals surface area contributed by atoms with Gasteiger partial charge in [0.05, 0.1) is 6.61 Å². The molecule has 0 atom stereocenters. The van der Waals surface area contributed by atoms with Crippen molar-refractivity contribution in [3.05, 3.63) is 6.92 Å². The molecule has 1 radical (unpaired) electrons. The summed E-state index contributed by atoms with van der Waals surface area (Å²) >= 11 is 0. The predicted molar refractivity (Wildman–Crippen MR) is 54.3 cm³/mol. The molecule has 0 spiro atoms. The lowest BCUT2D eigenvalue weighted by molar-refractivity contribution is -0.143. The number of hydrogen-bond donors (Lipinski definition) is 0. The quantitative estimate of drug-likeness (QED) is 0.429. The summed E-state index contributed by atoms with van der Waals surface area (Å²) in [6, 6.07) is 0. The second-order valence-corrected chi connectivity index (χ2v) is 3.24. The van der Waals surface area contributed by atoms with Crippen LogP contribution in [0.1, 0.15) is 51.9 Å². The third kappa shape index (κ3) is 9.38. The van der Waals surface area contributed by atoms with Gasteiger partial charge in [-0.1, -0.05) is 39.5 Å². The molecule has 0 unspecified atom stereocenters. The zero-order chi connectivity index (χ0) is 9.94. The largest absolute Gasteiger partial charge is 0.466 e. The van der Waals surface area contributed by atoms with Crippen LogP contribution in [0.4, 0.5) is 0 Å². The average Bonchev–Trinajstić information content (AvgIpc) is 2.11. The molecule has 0 fully saturated rings. The Labute approximate surface area is 81.7 Å². The SMILES string of the molecule is [CH2]CCCCCCOC(=O)CCC. The van der Waals surface area contributed by atoms with Crippen LogP contribution in [-0.2, 0) is 9.53 Å². The van der Waals surface area contributed by atoms with Crippen molar-refractivity contribution in [1.82, 2.24) is 0 Å². The first-order chi connectivity index (χ1) is 6.31. The molecule has 0 bridgehead atoms. The van der Waals surface area contributed by atoms with Crippen LogP contribution in [0.2, 0.25) is 0 Å². The Morgan fingerprint density at radius 3 is 2.54 bits per heavy atom. The minimum atomic E-state index is -0.0559. The number of ether oxygens (including phenoxy) is 1. The monoisotopic (exact) mass is 185 g/mol. The fourth-order valence-corrected chi connectivity index (χ4v) is 1.09. The van der Waals surface area contributed by atoms with Gasteiger partial charge in [0.25, 0.3) is 0 Å². The zero-order valence-corrected chi connectivity index (χ0v) is 8.68. The minimum absolute atomic E-state index is 0.0559. The lowest BCUT2D eigenvalue weighted by Gasteiger charge is -2.03. The number of carbonyl (C=O) groups excluding carboxylic acids is 1. The van der Waals surface area contributed by atoms with Crippen LogP contribution in [-0.4, -0.2) is 12.6 Å². The lowest BCUT2D eigenvalue weighted by atomic mass is 10.2. The summed E-state index contributed by atoms with van der Waals surface area (Å²) in [5, 5.41) is 0. The van der Waals surface area contributed by atoms with Gasteiger partial charge in [-0.3, -0.25) is 4.79 Å². The van der Waals surface area contributed by atoms with Crippen molar-refractivity contribution in [2.75, 3.05) is 6.61 Å². The van der Waals surface area contributed by atoms with Crippen LogP contribution in [0.15, 0.2) is 0 Å². The summed E-state index contributed by atoms with van der Waals surface area (Å²) < 4.78 is 5.01. The van der Waals surface area contributed by atoms with E-state index in [-0.39, 0.29) is 5.97 Å². The maximum atomic E-state index is 10.9. The van der Waals surface area contributed by atoms with Gasteiger partial charge in [-0.2, -0.15) is 0 Å². The molecule has 0 aromatic rings. The van der Waals surface area contributed by atoms with Gasteiger partial charge in [-0.05, 0) is 12.8 Å². The van der Waals surface area contributed by atoms with Gasteiger partial charge in [-0.15, -0.1) is 0 Å². The molecule has 0 heterocycles. The van der Waals surface area contributed by atoms with Crippen molar-refractivity contribution in [3.8, 4) is 0 Å². The number of carbonyl (C=O) groups is 1. The Balaban J connectivity index is 3.02. The van der Waals surface area contributed by atoms with Gasteiger partial charge in [-0.25, -0.2) is 0 Å². The molecule has 2 heteroatoms. The van der Waals surface area contributed by atoms with Crippen LogP contribution in [0.25, 0.3) is 0 Å². The molecule has 0 N–H and O–H groups in total. The summed E-state index contributed by atoms with van der Waals surface area (Å²) in [6.45, 7) is 6.35. The Morgan fingerprint density at radius 2 is 1.92 bits per heavy atom. The molecular formula is C11H21O2. The van der Waals surface area contributed by atoms with E-state index in [1.807, 2.05) is 6.92 Å². The number of rotatable bonds is 8. The topological polar surface area (TPSA) is 26.3 Å². The van der Waals surface area contributed by atoms with Gasteiger partial charge < -0.3 is 4.74 Å². The second kappa shape index (κ2) is 9.56. The fraction of sp³-hybridized carbons (Fsp3) is 0.818. The van der Waals surface area contributed by atoms with Gasteiger partial charge in [0, 0.05) is 6.42 Å². The smallest absolute Gasteiger partial charge is 0.305 e. The number of unbranched alkanes of at least 4 members (excludes halogenated alkanes) is 4. The van der Waals surface area contributed by atoms with Crippen molar-refractivity contribution in [2.24, 2.45) is 0 Å². The highest BCUT2D eigenvalue weighted by molar-refractivity contribution is 5.69. The van der Waals surface area contributed by atoms with Gasteiger partial charge in [0.1, 0.15) is 0 Å². The maximum absolute atomic E-state index is 10.9. The third-order valence-electron chi connectivity index (χ3n) is 1.86. The van der Waals surface area contributed by atoms with E-state index in [0.717, 1.165) is 25.7 Å². The molecule has 0 saturated carbocycles. The molecule has 2 nitrogen and oxygen atoms in total. The van der Waals surface area contributed by atoms with Crippen LogP contribution in [0, 0.1) is 6.92 Å². The highest BCUT2D eigenvalue weighted by Crippen LogP contribution is 2.02. The fourth-order valence-electron chi connectivity index (χ4n) is 1.09. The number of hydrogen-bond acceptors (Lipinski definition) is 2. The Hall–Kier alpha value is -0.530. The molecular weight excluding hydrogens is 164 g/mol. The lowest BCUT2D eigenvalue weighted by Crippen LogP contribution is -2.04. The van der Waals surface area contributed by atoms with E-state index in [9.17, 15) is 4.79 Å². The highest BCUT2D eigenvalue weighted by atomic mass is 16.5. The molecule has 0 aliphatic heterocycles. The summed E-state index contributed by atoms with van der Waals surface area (Å²) in [7, 11) is 0. The van der Waals surface area contributed by atoms with E-state index in [1.54, 1.807) is 0 Å². The molecule has 0 saturated heterocycles. The molecule has 0 amide bonds. The highest BCUT2D eigenvalue weighted by Gasteiger charge is 1.98. The zero-order valence-electron chi connectivity index (χ0n) is 8.68. The van der Waals surface area contributed by atoms with Gasteiger partial charge in [0.2, 0.25) is 0 Å². The van der Waals surface area contributed by atoms with E-state index in [1.165, 1.54) is 12.8 Å². The summed E-state index contributed by atoms with van der Waals surface area (Å²) in [5.74, 6) is -0.0559. The summed E-state index contributed by atoms with van der Waals surface area (Å²) in [4.78, 5) is 10.9. The summed E-state index contributed by atoms with van der Waals surface area (Å²) in [6.07, 6.45) is 6.97. The van der Waals surface area contributed by atoms with Crippen LogP contribution in [0.5, 0.6) is 0 Å². The molecule has 0 rings (SSSR count). The van der Waals surface area contributed by atoms with Crippen molar-refractivity contribution in [2.45, 2.75) is 51.9 Å². The van der Waals surface area contributed by atoms with Gasteiger partial charge in [0.15, 0.2) is 0 Å². The Bertz CT molecular complexity index is 121. The molecule has 77 valence electrons. The Kier molecular flexibility index (Phi) is 9.17. The minimum Gasteiger partial charge on any atom is -0.466 e. The van der Waals surface area contributed by atoms with Crippen molar-refractivity contribution >= 4 is 5.97 Å². The van der Waals surface area contributed by atoms with Crippen LogP contribution < -0.4 is 0 Å². The normalized spacial score (nSPS) is 10.0. The van der Waals surface area contributed by atoms with E-state index in [4.69, 9.17) is 4.74 Å². The van der Waals surface area contributed by atoms with Crippen LogP contribution in [0.3, 0.4) is 0 Å². The van der Waals surface area contributed by atoms with Crippen molar-refractivity contribution in [3.63, 3.8) is 0 Å². The molecule has 0 aliphatic rings. The maximum Gasteiger partial charge on any atom is 0.305 e. The second-order valence-electron chi connectivity index (χ2n) is 3.24. The first-order valence-corrected chi connectivity index (χ1v) is 5.26. The molecule has 0 aromatic carbocycles. The molecule has 0 aliphatic carbocycles. The van der Waals surface area contributed by atoms with E-state index in [2.05, 4.69) is 6.92 Å². The van der Waals surface area contributed by atoms with Crippen molar-refractivity contribution < 1.29 is 9.53 Å². The standard InChI is InChI=1S/C11H21O2/c1-3-5-6-7-8-10-13-11(12)9-4-2/h1,3-10H2,2H3. The van der Waals surface area contributed by atoms with E-state index in [0.29, 0.717) is 13.0 Å². The first-order valence-electron chi connectivity index (χ1n) is 5.26. The number of esters is 1. The first kappa shape index (κ1) is 12.5. The predicted octanol–water partition coefficient (Wildman–Crippen LogP) is 3.11.